The van der Waals surface area contributed by atoms with E-state index in [-0.39, 0.29) is 5.92 Å². The van der Waals surface area contributed by atoms with Crippen LogP contribution in [0.5, 0.6) is 5.75 Å². The minimum Gasteiger partial charge on any atom is -0.496 e. The summed E-state index contributed by atoms with van der Waals surface area (Å²) < 4.78 is 6.38. The fraction of sp³-hybridized carbons (Fsp3) is 0.727. The zero-order chi connectivity index (χ0) is 19.4. The van der Waals surface area contributed by atoms with Gasteiger partial charge < -0.3 is 19.6 Å². The Balaban J connectivity index is 1.79. The number of nitrogens with zero attached hydrogens (tertiary/aromatic N) is 2. The summed E-state index contributed by atoms with van der Waals surface area (Å²) in [6.45, 7) is 3.18. The predicted molar refractivity (Wildman–Crippen MR) is 115 cm³/mol. The van der Waals surface area contributed by atoms with Crippen molar-refractivity contribution in [1.29, 1.82) is 0 Å². The van der Waals surface area contributed by atoms with E-state index in [1.165, 1.54) is 24.8 Å². The fourth-order valence-corrected chi connectivity index (χ4v) is 5.43. The zero-order valence-electron chi connectivity index (χ0n) is 17.1. The first kappa shape index (κ1) is 21.1. The average Bonchev–Trinajstić information content (AvgIpc) is 2.67. The monoisotopic (exact) mass is 438 g/mol. The van der Waals surface area contributed by atoms with E-state index in [1.54, 1.807) is 7.11 Å². The summed E-state index contributed by atoms with van der Waals surface area (Å²) in [5, 5.41) is 11.6. The maximum absolute atomic E-state index is 11.6. The molecule has 1 N–H and O–H groups in total. The van der Waals surface area contributed by atoms with Crippen molar-refractivity contribution < 1.29 is 9.84 Å². The van der Waals surface area contributed by atoms with Gasteiger partial charge in [-0.1, -0.05) is 25.3 Å². The maximum Gasteiger partial charge on any atom is 0.133 e. The molecule has 1 atom stereocenters. The third kappa shape index (κ3) is 5.06. The van der Waals surface area contributed by atoms with Crippen LogP contribution >= 0.6 is 15.9 Å². The Morgan fingerprint density at radius 3 is 2.44 bits per heavy atom. The van der Waals surface area contributed by atoms with Gasteiger partial charge in [-0.2, -0.15) is 0 Å². The molecule has 0 aromatic heterocycles. The molecule has 1 aliphatic carbocycles. The van der Waals surface area contributed by atoms with Gasteiger partial charge in [0.1, 0.15) is 5.75 Å². The number of benzene rings is 1. The second kappa shape index (κ2) is 9.25. The minimum atomic E-state index is -0.593. The average molecular weight is 439 g/mol. The molecule has 4 nitrogen and oxygen atoms in total. The molecule has 1 aromatic carbocycles. The van der Waals surface area contributed by atoms with Gasteiger partial charge in [-0.25, -0.2) is 0 Å². The second-order valence-electron chi connectivity index (χ2n) is 8.61. The molecule has 2 fully saturated rings. The number of halogens is 1. The van der Waals surface area contributed by atoms with Crippen LogP contribution in [0.1, 0.15) is 56.4 Å². The van der Waals surface area contributed by atoms with Gasteiger partial charge in [0, 0.05) is 18.5 Å². The molecule has 0 radical (unpaired) electrons. The highest BCUT2D eigenvalue weighted by atomic mass is 79.9. The van der Waals surface area contributed by atoms with Crippen LogP contribution in [0, 0.1) is 0 Å². The number of likely N-dealkylation sites (tertiary alicyclic amines) is 1. The quantitative estimate of drug-likeness (QED) is 0.719. The van der Waals surface area contributed by atoms with E-state index in [9.17, 15) is 5.11 Å². The Morgan fingerprint density at radius 1 is 1.22 bits per heavy atom. The first-order chi connectivity index (χ1) is 12.9. The molecule has 2 aliphatic rings. The number of rotatable bonds is 6. The number of hydrogen-bond acceptors (Lipinski definition) is 4. The first-order valence-corrected chi connectivity index (χ1v) is 11.2. The molecular weight excluding hydrogens is 404 g/mol. The van der Waals surface area contributed by atoms with E-state index in [1.807, 2.05) is 6.07 Å². The molecule has 3 rings (SSSR count). The Labute approximate surface area is 173 Å². The molecule has 1 saturated carbocycles. The Hall–Kier alpha value is -0.620. The van der Waals surface area contributed by atoms with Crippen LogP contribution in [0.25, 0.3) is 0 Å². The first-order valence-electron chi connectivity index (χ1n) is 10.4. The topological polar surface area (TPSA) is 35.9 Å². The lowest BCUT2D eigenvalue weighted by molar-refractivity contribution is -0.0335. The standard InChI is InChI=1S/C22H35BrN2O2/c1-24(2)18-9-13-25(14-10-18)16-19(22(26)11-5-4-6-12-22)17-7-8-21(27-3)20(23)15-17/h7-8,15,18-19,26H,4-6,9-14,16H2,1-3H3. The van der Waals surface area contributed by atoms with Crippen LogP contribution < -0.4 is 4.74 Å². The van der Waals surface area contributed by atoms with Crippen molar-refractivity contribution in [2.24, 2.45) is 0 Å². The predicted octanol–water partition coefficient (Wildman–Crippen LogP) is 4.26. The summed E-state index contributed by atoms with van der Waals surface area (Å²) in [5.74, 6) is 0.996. The number of methoxy groups -OCH3 is 1. The molecule has 0 amide bonds. The highest BCUT2D eigenvalue weighted by Crippen LogP contribution is 2.42. The molecule has 5 heteroatoms. The van der Waals surface area contributed by atoms with Gasteiger partial charge in [0.25, 0.3) is 0 Å². The van der Waals surface area contributed by atoms with E-state index in [4.69, 9.17) is 4.74 Å². The lowest BCUT2D eigenvalue weighted by atomic mass is 9.72. The lowest BCUT2D eigenvalue weighted by Crippen LogP contribution is -2.48. The number of piperidine rings is 1. The van der Waals surface area contributed by atoms with Gasteiger partial charge in [-0.15, -0.1) is 0 Å². The minimum absolute atomic E-state index is 0.149. The molecule has 1 heterocycles. The fourth-order valence-electron chi connectivity index (χ4n) is 4.87. The van der Waals surface area contributed by atoms with E-state index >= 15 is 0 Å². The van der Waals surface area contributed by atoms with Gasteiger partial charge in [0.2, 0.25) is 0 Å². The number of hydrogen-bond donors (Lipinski definition) is 1. The smallest absolute Gasteiger partial charge is 0.133 e. The van der Waals surface area contributed by atoms with Gasteiger partial charge in [0.15, 0.2) is 0 Å². The molecule has 1 unspecified atom stereocenters. The van der Waals surface area contributed by atoms with E-state index in [2.05, 4.69) is 52.0 Å². The zero-order valence-corrected chi connectivity index (χ0v) is 18.7. The third-order valence-electron chi connectivity index (χ3n) is 6.67. The van der Waals surface area contributed by atoms with E-state index in [0.29, 0.717) is 6.04 Å². The van der Waals surface area contributed by atoms with Crippen LogP contribution in [0.2, 0.25) is 0 Å². The van der Waals surface area contributed by atoms with Crippen molar-refractivity contribution in [1.82, 2.24) is 9.80 Å². The van der Waals surface area contributed by atoms with Crippen LogP contribution in [0.3, 0.4) is 0 Å². The highest BCUT2D eigenvalue weighted by molar-refractivity contribution is 9.10. The summed E-state index contributed by atoms with van der Waals surface area (Å²) in [5.41, 5.74) is 0.631. The van der Waals surface area contributed by atoms with Crippen molar-refractivity contribution in [3.05, 3.63) is 28.2 Å². The summed E-state index contributed by atoms with van der Waals surface area (Å²) in [7, 11) is 6.06. The van der Waals surface area contributed by atoms with Crippen molar-refractivity contribution >= 4 is 15.9 Å². The molecular formula is C22H35BrN2O2. The Kier molecular flexibility index (Phi) is 7.23. The Bertz CT molecular complexity index is 608. The Morgan fingerprint density at radius 2 is 1.89 bits per heavy atom. The van der Waals surface area contributed by atoms with Crippen LogP contribution in [-0.4, -0.2) is 67.4 Å². The van der Waals surface area contributed by atoms with Crippen LogP contribution in [-0.2, 0) is 0 Å². The van der Waals surface area contributed by atoms with Crippen molar-refractivity contribution in [3.63, 3.8) is 0 Å². The molecule has 152 valence electrons. The summed E-state index contributed by atoms with van der Waals surface area (Å²) >= 11 is 3.64. The van der Waals surface area contributed by atoms with Crippen molar-refractivity contribution in [3.8, 4) is 5.75 Å². The normalized spacial score (nSPS) is 22.7. The second-order valence-corrected chi connectivity index (χ2v) is 9.46. The van der Waals surface area contributed by atoms with Gasteiger partial charge >= 0.3 is 0 Å². The molecule has 0 bridgehead atoms. The highest BCUT2D eigenvalue weighted by Gasteiger charge is 2.40. The lowest BCUT2D eigenvalue weighted by Gasteiger charge is -2.43. The van der Waals surface area contributed by atoms with Crippen molar-refractivity contribution in [2.45, 2.75) is 62.5 Å². The van der Waals surface area contributed by atoms with Gasteiger partial charge in [-0.3, -0.25) is 0 Å². The van der Waals surface area contributed by atoms with Crippen molar-refractivity contribution in [2.75, 3.05) is 40.8 Å². The van der Waals surface area contributed by atoms with E-state index in [0.717, 1.165) is 55.5 Å². The number of ether oxygens (including phenoxy) is 1. The van der Waals surface area contributed by atoms with E-state index < -0.39 is 5.60 Å². The molecule has 1 aromatic rings. The summed E-state index contributed by atoms with van der Waals surface area (Å²) in [6.07, 6.45) is 7.76. The summed E-state index contributed by atoms with van der Waals surface area (Å²) in [4.78, 5) is 4.92. The largest absolute Gasteiger partial charge is 0.496 e. The molecule has 1 aliphatic heterocycles. The van der Waals surface area contributed by atoms with Crippen LogP contribution in [0.15, 0.2) is 22.7 Å². The van der Waals surface area contributed by atoms with Crippen LogP contribution in [0.4, 0.5) is 0 Å². The maximum atomic E-state index is 11.6. The molecule has 0 spiro atoms. The van der Waals surface area contributed by atoms with Gasteiger partial charge in [0.05, 0.1) is 17.2 Å². The molecule has 1 saturated heterocycles. The third-order valence-corrected chi connectivity index (χ3v) is 7.29. The molecule has 27 heavy (non-hydrogen) atoms. The summed E-state index contributed by atoms with van der Waals surface area (Å²) in [6, 6.07) is 7.01. The van der Waals surface area contributed by atoms with Gasteiger partial charge in [-0.05, 0) is 86.5 Å². The SMILES string of the molecule is COc1ccc(C(CN2CCC(N(C)C)CC2)C2(O)CCCCC2)cc1Br. The number of aliphatic hydroxyl groups is 1.